The number of ketones is 1. The molecule has 4 rings (SSSR count). The normalized spacial score (nSPS) is 17.4. The molecule has 0 bridgehead atoms. The Hall–Kier alpha value is -3.73. The molecule has 1 aliphatic rings. The molecule has 138 valence electrons. The lowest BCUT2D eigenvalue weighted by molar-refractivity contribution is 0.0250. The van der Waals surface area contributed by atoms with Crippen molar-refractivity contribution in [2.75, 3.05) is 7.11 Å². The summed E-state index contributed by atoms with van der Waals surface area (Å²) in [4.78, 5) is 30.2. The minimum atomic E-state index is -1.63. The van der Waals surface area contributed by atoms with Gasteiger partial charge in [-0.15, -0.1) is 0 Å². The van der Waals surface area contributed by atoms with Gasteiger partial charge in [-0.2, -0.15) is 0 Å². The van der Waals surface area contributed by atoms with E-state index in [0.29, 0.717) is 22.6 Å². The number of nitrogens with zero attached hydrogens (tertiary/aromatic N) is 1. The molecule has 0 saturated carbocycles. The molecular weight excluding hydrogens is 354 g/mol. The molecular formula is C23H17NO4. The highest BCUT2D eigenvalue weighted by Gasteiger charge is 2.59. The van der Waals surface area contributed by atoms with Crippen LogP contribution in [0.1, 0.15) is 26.3 Å². The largest absolute Gasteiger partial charge is 0.497 e. The number of carbonyl (C=O) groups excluding carboxylic acids is 2. The van der Waals surface area contributed by atoms with E-state index in [-0.39, 0.29) is 5.78 Å². The summed E-state index contributed by atoms with van der Waals surface area (Å²) in [6.45, 7) is 0. The lowest BCUT2D eigenvalue weighted by atomic mass is 9.99. The van der Waals surface area contributed by atoms with Crippen molar-refractivity contribution in [2.24, 2.45) is 4.99 Å². The summed E-state index contributed by atoms with van der Waals surface area (Å²) in [6, 6.07) is 24.4. The highest BCUT2D eigenvalue weighted by Crippen LogP contribution is 2.38. The van der Waals surface area contributed by atoms with Gasteiger partial charge in [-0.3, -0.25) is 4.79 Å². The zero-order valence-electron chi connectivity index (χ0n) is 15.2. The first-order chi connectivity index (χ1) is 13.6. The standard InChI is InChI=1S/C23H17NO4/c1-27-19-14-12-18(13-15-19)22(26)28-23(21(25)17-10-6-3-7-11-17)20(24-23)16-8-4-2-5-9-16/h2-15H,1H3. The summed E-state index contributed by atoms with van der Waals surface area (Å²) >= 11 is 0. The fourth-order valence-corrected chi connectivity index (χ4v) is 2.97. The summed E-state index contributed by atoms with van der Waals surface area (Å²) in [5, 5.41) is 0. The van der Waals surface area contributed by atoms with Crippen LogP contribution >= 0.6 is 0 Å². The molecule has 5 heteroatoms. The van der Waals surface area contributed by atoms with Gasteiger partial charge in [-0.25, -0.2) is 9.79 Å². The van der Waals surface area contributed by atoms with Crippen LogP contribution in [0.5, 0.6) is 5.75 Å². The smallest absolute Gasteiger partial charge is 0.341 e. The number of ether oxygens (including phenoxy) is 2. The highest BCUT2D eigenvalue weighted by molar-refractivity contribution is 6.33. The van der Waals surface area contributed by atoms with E-state index in [4.69, 9.17) is 9.47 Å². The van der Waals surface area contributed by atoms with Gasteiger partial charge >= 0.3 is 11.7 Å². The number of hydrogen-bond acceptors (Lipinski definition) is 5. The Labute approximate surface area is 162 Å². The molecule has 0 fully saturated rings. The SMILES string of the molecule is COc1ccc(C(=O)OC2(C(=O)c3ccccc3)N=C2c2ccccc2)cc1. The van der Waals surface area contributed by atoms with Gasteiger partial charge in [0.2, 0.25) is 5.78 Å². The monoisotopic (exact) mass is 371 g/mol. The molecule has 0 amide bonds. The molecule has 0 aromatic heterocycles. The maximum Gasteiger partial charge on any atom is 0.341 e. The average Bonchev–Trinajstić information content (AvgIpc) is 3.49. The molecule has 5 nitrogen and oxygen atoms in total. The zero-order chi connectivity index (χ0) is 19.6. The number of aliphatic imine (C=N–C) groups is 1. The van der Waals surface area contributed by atoms with Crippen molar-refractivity contribution < 1.29 is 19.1 Å². The quantitative estimate of drug-likeness (QED) is 0.486. The Morgan fingerprint density at radius 2 is 1.39 bits per heavy atom. The van der Waals surface area contributed by atoms with E-state index in [9.17, 15) is 9.59 Å². The molecule has 1 heterocycles. The van der Waals surface area contributed by atoms with E-state index in [0.717, 1.165) is 5.56 Å². The van der Waals surface area contributed by atoms with Crippen LogP contribution in [0.3, 0.4) is 0 Å². The molecule has 3 aromatic rings. The summed E-state index contributed by atoms with van der Waals surface area (Å²) < 4.78 is 10.8. The summed E-state index contributed by atoms with van der Waals surface area (Å²) in [5.41, 5.74) is 0.313. The number of Topliss-reactive ketones (excluding diaryl/α,β-unsaturated/α-hetero) is 1. The second-order valence-electron chi connectivity index (χ2n) is 6.28. The van der Waals surface area contributed by atoms with Gasteiger partial charge in [-0.05, 0) is 24.3 Å². The molecule has 0 N–H and O–H groups in total. The van der Waals surface area contributed by atoms with E-state index >= 15 is 0 Å². The third-order valence-corrected chi connectivity index (χ3v) is 4.50. The van der Waals surface area contributed by atoms with Crippen molar-refractivity contribution in [1.82, 2.24) is 0 Å². The number of esters is 1. The van der Waals surface area contributed by atoms with Crippen molar-refractivity contribution >= 4 is 17.5 Å². The van der Waals surface area contributed by atoms with Gasteiger partial charge < -0.3 is 9.47 Å². The van der Waals surface area contributed by atoms with Crippen LogP contribution in [0.15, 0.2) is 89.9 Å². The fraction of sp³-hybridized carbons (Fsp3) is 0.0870. The van der Waals surface area contributed by atoms with E-state index in [2.05, 4.69) is 4.99 Å². The van der Waals surface area contributed by atoms with Crippen molar-refractivity contribution in [2.45, 2.75) is 5.72 Å². The van der Waals surface area contributed by atoms with Crippen molar-refractivity contribution in [1.29, 1.82) is 0 Å². The Kier molecular flexibility index (Phi) is 4.49. The van der Waals surface area contributed by atoms with E-state index in [1.54, 1.807) is 55.6 Å². The van der Waals surface area contributed by atoms with Crippen LogP contribution in [0.4, 0.5) is 0 Å². The van der Waals surface area contributed by atoms with Gasteiger partial charge in [-0.1, -0.05) is 60.7 Å². The Morgan fingerprint density at radius 1 is 0.786 bits per heavy atom. The third-order valence-electron chi connectivity index (χ3n) is 4.50. The third kappa shape index (κ3) is 3.18. The van der Waals surface area contributed by atoms with Crippen LogP contribution < -0.4 is 4.74 Å². The van der Waals surface area contributed by atoms with E-state index in [1.807, 2.05) is 36.4 Å². The Balaban J connectivity index is 1.65. The van der Waals surface area contributed by atoms with Crippen LogP contribution in [0.25, 0.3) is 0 Å². The zero-order valence-corrected chi connectivity index (χ0v) is 15.2. The van der Waals surface area contributed by atoms with Crippen LogP contribution in [-0.4, -0.2) is 30.3 Å². The molecule has 1 atom stereocenters. The van der Waals surface area contributed by atoms with Crippen LogP contribution in [-0.2, 0) is 4.74 Å². The first-order valence-corrected chi connectivity index (χ1v) is 8.77. The van der Waals surface area contributed by atoms with Crippen molar-refractivity contribution in [3.63, 3.8) is 0 Å². The first kappa shape index (κ1) is 17.7. The molecule has 1 aliphatic heterocycles. The molecule has 0 radical (unpaired) electrons. The minimum Gasteiger partial charge on any atom is -0.497 e. The maximum absolute atomic E-state index is 13.2. The number of benzene rings is 3. The lowest BCUT2D eigenvalue weighted by Crippen LogP contribution is -2.36. The lowest BCUT2D eigenvalue weighted by Gasteiger charge is -2.16. The topological polar surface area (TPSA) is 65.0 Å². The van der Waals surface area contributed by atoms with Crippen molar-refractivity contribution in [3.05, 3.63) is 102 Å². The second-order valence-corrected chi connectivity index (χ2v) is 6.28. The summed E-state index contributed by atoms with van der Waals surface area (Å²) in [7, 11) is 1.55. The van der Waals surface area contributed by atoms with E-state index in [1.165, 1.54) is 0 Å². The predicted molar refractivity (Wildman–Crippen MR) is 105 cm³/mol. The van der Waals surface area contributed by atoms with Gasteiger partial charge in [0.15, 0.2) is 0 Å². The Morgan fingerprint density at radius 3 is 2.00 bits per heavy atom. The van der Waals surface area contributed by atoms with Gasteiger partial charge in [0, 0.05) is 11.1 Å². The number of carbonyl (C=O) groups is 2. The van der Waals surface area contributed by atoms with Gasteiger partial charge in [0.1, 0.15) is 11.5 Å². The predicted octanol–water partition coefficient (Wildman–Crippen LogP) is 3.93. The van der Waals surface area contributed by atoms with Crippen LogP contribution in [0.2, 0.25) is 0 Å². The van der Waals surface area contributed by atoms with Crippen LogP contribution in [0, 0.1) is 0 Å². The molecule has 1 unspecified atom stereocenters. The molecule has 0 spiro atoms. The van der Waals surface area contributed by atoms with Gasteiger partial charge in [0.05, 0.1) is 12.7 Å². The number of rotatable bonds is 6. The molecule has 28 heavy (non-hydrogen) atoms. The number of hydrogen-bond donors (Lipinski definition) is 0. The first-order valence-electron chi connectivity index (χ1n) is 8.77. The van der Waals surface area contributed by atoms with Gasteiger partial charge in [0.25, 0.3) is 0 Å². The Bertz CT molecular complexity index is 1040. The maximum atomic E-state index is 13.2. The average molecular weight is 371 g/mol. The second kappa shape index (κ2) is 7.12. The highest BCUT2D eigenvalue weighted by atomic mass is 16.6. The molecule has 3 aromatic carbocycles. The number of methoxy groups -OCH3 is 1. The molecule has 0 saturated heterocycles. The molecule has 0 aliphatic carbocycles. The fourth-order valence-electron chi connectivity index (χ4n) is 2.97. The van der Waals surface area contributed by atoms with Crippen molar-refractivity contribution in [3.8, 4) is 5.75 Å². The van der Waals surface area contributed by atoms with E-state index < -0.39 is 11.7 Å². The summed E-state index contributed by atoms with van der Waals surface area (Å²) in [6.07, 6.45) is 0. The minimum absolute atomic E-state index is 0.315. The summed E-state index contributed by atoms with van der Waals surface area (Å²) in [5.74, 6) is -0.366.